The largest absolute Gasteiger partial charge is 0.316 e. The van der Waals surface area contributed by atoms with Crippen molar-refractivity contribution in [3.63, 3.8) is 0 Å². The lowest BCUT2D eigenvalue weighted by atomic mass is 10.1. The molecule has 0 fully saturated rings. The van der Waals surface area contributed by atoms with E-state index in [0.29, 0.717) is 6.29 Å². The highest BCUT2D eigenvalue weighted by molar-refractivity contribution is 5.62. The summed E-state index contributed by atoms with van der Waals surface area (Å²) in [7, 11) is 1.62. The zero-order valence-electron chi connectivity index (χ0n) is 5.78. The molecule has 1 N–H and O–H groups in total. The van der Waals surface area contributed by atoms with Crippen LogP contribution in [0.1, 0.15) is 13.3 Å². The van der Waals surface area contributed by atoms with Crippen LogP contribution in [0.2, 0.25) is 0 Å². The quantitative estimate of drug-likeness (QED) is 0.566. The van der Waals surface area contributed by atoms with Crippen LogP contribution in [-0.4, -0.2) is 25.5 Å². The van der Waals surface area contributed by atoms with Gasteiger partial charge in [0.25, 0.3) is 0 Å². The fourth-order valence-electron chi connectivity index (χ4n) is 0.544. The van der Waals surface area contributed by atoms with E-state index in [9.17, 15) is 9.18 Å². The second-order valence-corrected chi connectivity index (χ2v) is 2.04. The number of nitrogens with one attached hydrogen (secondary N) is 1. The van der Waals surface area contributed by atoms with Crippen LogP contribution >= 0.6 is 0 Å². The Morgan fingerprint density at radius 2 is 2.33 bits per heavy atom. The van der Waals surface area contributed by atoms with Crippen LogP contribution in [0.5, 0.6) is 0 Å². The third-order valence-corrected chi connectivity index (χ3v) is 1.27. The van der Waals surface area contributed by atoms with Gasteiger partial charge in [0, 0.05) is 6.54 Å². The van der Waals surface area contributed by atoms with Crippen LogP contribution in [0.25, 0.3) is 0 Å². The fourth-order valence-corrected chi connectivity index (χ4v) is 0.544. The molecule has 0 aromatic heterocycles. The van der Waals surface area contributed by atoms with Crippen molar-refractivity contribution in [3.05, 3.63) is 0 Å². The zero-order chi connectivity index (χ0) is 7.33. The van der Waals surface area contributed by atoms with E-state index >= 15 is 0 Å². The van der Waals surface area contributed by atoms with E-state index in [2.05, 4.69) is 5.32 Å². The minimum atomic E-state index is -1.66. The summed E-state index contributed by atoms with van der Waals surface area (Å²) in [6.45, 7) is 1.75. The molecule has 0 aromatic rings. The minimum absolute atomic E-state index is 0.104. The van der Waals surface area contributed by atoms with Crippen molar-refractivity contribution in [1.29, 1.82) is 0 Å². The van der Waals surface area contributed by atoms with Crippen LogP contribution in [0, 0.1) is 0 Å². The van der Waals surface area contributed by atoms with Crippen molar-refractivity contribution in [2.75, 3.05) is 13.6 Å². The Balaban J connectivity index is 3.76. The summed E-state index contributed by atoms with van der Waals surface area (Å²) in [5.74, 6) is 0. The average Bonchev–Trinajstić information content (AvgIpc) is 1.89. The third kappa shape index (κ3) is 2.56. The molecule has 0 heterocycles. The van der Waals surface area contributed by atoms with Crippen molar-refractivity contribution >= 4 is 6.29 Å². The predicted octanol–water partition coefficient (Wildman–Crippen LogP) is 0.523. The normalized spacial score (nSPS) is 16.8. The summed E-state index contributed by atoms with van der Waals surface area (Å²) >= 11 is 0. The van der Waals surface area contributed by atoms with E-state index in [-0.39, 0.29) is 13.0 Å². The molecule has 2 nitrogen and oxygen atoms in total. The van der Waals surface area contributed by atoms with E-state index in [1.807, 2.05) is 0 Å². The molecule has 1 atom stereocenters. The van der Waals surface area contributed by atoms with Crippen molar-refractivity contribution in [3.8, 4) is 0 Å². The number of carbonyl (C=O) groups is 1. The van der Waals surface area contributed by atoms with Gasteiger partial charge in [0.05, 0.1) is 0 Å². The standard InChI is InChI=1S/C6H12FNO/c1-3-6(7,5-9)4-8-2/h5,8H,3-4H2,1-2H3/t6-/m0/s1. The van der Waals surface area contributed by atoms with Crippen molar-refractivity contribution < 1.29 is 9.18 Å². The number of rotatable bonds is 4. The third-order valence-electron chi connectivity index (χ3n) is 1.27. The first-order chi connectivity index (χ1) is 4.18. The Bertz CT molecular complexity index is 97.1. The number of hydrogen-bond donors (Lipinski definition) is 1. The highest BCUT2D eigenvalue weighted by Gasteiger charge is 2.24. The second kappa shape index (κ2) is 3.56. The molecule has 0 aliphatic carbocycles. The topological polar surface area (TPSA) is 29.1 Å². The molecule has 0 aliphatic heterocycles. The molecule has 0 saturated carbocycles. The van der Waals surface area contributed by atoms with E-state index in [1.54, 1.807) is 14.0 Å². The maximum atomic E-state index is 12.8. The first kappa shape index (κ1) is 8.56. The Morgan fingerprint density at radius 3 is 2.44 bits per heavy atom. The molecule has 54 valence electrons. The smallest absolute Gasteiger partial charge is 0.177 e. The molecule has 0 rings (SSSR count). The van der Waals surface area contributed by atoms with Gasteiger partial charge in [-0.2, -0.15) is 0 Å². The van der Waals surface area contributed by atoms with Crippen LogP contribution in [0.4, 0.5) is 4.39 Å². The zero-order valence-corrected chi connectivity index (χ0v) is 5.78. The molecule has 0 aliphatic rings. The van der Waals surface area contributed by atoms with Gasteiger partial charge in [0.1, 0.15) is 0 Å². The Labute approximate surface area is 54.4 Å². The molecule has 0 saturated heterocycles. The number of carbonyl (C=O) groups excluding carboxylic acids is 1. The molecular formula is C6H12FNO. The number of hydrogen-bond acceptors (Lipinski definition) is 2. The lowest BCUT2D eigenvalue weighted by Crippen LogP contribution is -2.35. The summed E-state index contributed by atoms with van der Waals surface area (Å²) in [4.78, 5) is 10.0. The molecule has 9 heavy (non-hydrogen) atoms. The second-order valence-electron chi connectivity index (χ2n) is 2.04. The minimum Gasteiger partial charge on any atom is -0.316 e. The van der Waals surface area contributed by atoms with Crippen LogP contribution in [-0.2, 0) is 4.79 Å². The molecular weight excluding hydrogens is 121 g/mol. The van der Waals surface area contributed by atoms with Gasteiger partial charge in [-0.1, -0.05) is 6.92 Å². The Hall–Kier alpha value is -0.440. The first-order valence-electron chi connectivity index (χ1n) is 2.98. The maximum absolute atomic E-state index is 12.8. The SMILES string of the molecule is CC[C@@](F)(C=O)CNC. The van der Waals surface area contributed by atoms with Crippen LogP contribution in [0.3, 0.4) is 0 Å². The van der Waals surface area contributed by atoms with Crippen molar-refractivity contribution in [1.82, 2.24) is 5.32 Å². The average molecular weight is 133 g/mol. The van der Waals surface area contributed by atoms with E-state index in [0.717, 1.165) is 0 Å². The Kier molecular flexibility index (Phi) is 3.39. The molecule has 3 heteroatoms. The first-order valence-corrected chi connectivity index (χ1v) is 2.98. The van der Waals surface area contributed by atoms with Gasteiger partial charge in [-0.05, 0) is 13.5 Å². The highest BCUT2D eigenvalue weighted by Crippen LogP contribution is 2.09. The molecule has 0 unspecified atom stereocenters. The summed E-state index contributed by atoms with van der Waals surface area (Å²) < 4.78 is 12.8. The van der Waals surface area contributed by atoms with Crippen LogP contribution in [0.15, 0.2) is 0 Å². The van der Waals surface area contributed by atoms with E-state index < -0.39 is 5.67 Å². The lowest BCUT2D eigenvalue weighted by Gasteiger charge is -2.14. The summed E-state index contributed by atoms with van der Waals surface area (Å²) in [5, 5.41) is 2.60. The molecule has 0 aromatic carbocycles. The van der Waals surface area contributed by atoms with Gasteiger partial charge < -0.3 is 5.32 Å². The van der Waals surface area contributed by atoms with E-state index in [4.69, 9.17) is 0 Å². The van der Waals surface area contributed by atoms with Gasteiger partial charge in [0.2, 0.25) is 0 Å². The van der Waals surface area contributed by atoms with Gasteiger partial charge in [0.15, 0.2) is 12.0 Å². The number of alkyl halides is 1. The predicted molar refractivity (Wildman–Crippen MR) is 34.1 cm³/mol. The molecule has 0 bridgehead atoms. The van der Waals surface area contributed by atoms with Gasteiger partial charge >= 0.3 is 0 Å². The monoisotopic (exact) mass is 133 g/mol. The number of aldehydes is 1. The summed E-state index contributed by atoms with van der Waals surface area (Å²) in [5.41, 5.74) is -1.66. The van der Waals surface area contributed by atoms with Gasteiger partial charge in [-0.25, -0.2) is 4.39 Å². The van der Waals surface area contributed by atoms with Gasteiger partial charge in [-0.3, -0.25) is 4.79 Å². The molecule has 0 radical (unpaired) electrons. The summed E-state index contributed by atoms with van der Waals surface area (Å²) in [6.07, 6.45) is 0.584. The number of halogens is 1. The summed E-state index contributed by atoms with van der Waals surface area (Å²) in [6, 6.07) is 0. The molecule has 0 amide bonds. The maximum Gasteiger partial charge on any atom is 0.177 e. The van der Waals surface area contributed by atoms with Crippen molar-refractivity contribution in [2.45, 2.75) is 19.0 Å². The van der Waals surface area contributed by atoms with Crippen molar-refractivity contribution in [2.24, 2.45) is 0 Å². The Morgan fingerprint density at radius 1 is 1.78 bits per heavy atom. The molecule has 0 spiro atoms. The lowest BCUT2D eigenvalue weighted by molar-refractivity contribution is -0.117. The van der Waals surface area contributed by atoms with Gasteiger partial charge in [-0.15, -0.1) is 0 Å². The van der Waals surface area contributed by atoms with E-state index in [1.165, 1.54) is 0 Å². The highest BCUT2D eigenvalue weighted by atomic mass is 19.1. The fraction of sp³-hybridized carbons (Fsp3) is 0.833. The van der Waals surface area contributed by atoms with Crippen LogP contribution < -0.4 is 5.32 Å².